The van der Waals surface area contributed by atoms with Gasteiger partial charge in [0, 0.05) is 19.5 Å². The standard InChI is InChI=1S/C21H34N5O2/c1-4-5-9-12-24-19(27)17-18(23(3)21(24)28)22-20-25(13-15(2)14-26(17)20)16-10-7-6-8-11-16/h15-17H,4-14H2,1-3H3/q+1. The molecule has 0 aromatic rings. The molecule has 2 atom stereocenters. The number of urea groups is 1. The normalized spacial score (nSPS) is 28.7. The molecule has 1 saturated heterocycles. The molecule has 2 unspecified atom stereocenters. The van der Waals surface area contributed by atoms with Crippen molar-refractivity contribution in [1.29, 1.82) is 0 Å². The number of guanidine groups is 1. The summed E-state index contributed by atoms with van der Waals surface area (Å²) < 4.78 is 2.18. The van der Waals surface area contributed by atoms with Gasteiger partial charge in [-0.2, -0.15) is 0 Å². The number of nitrogens with zero attached hydrogens (tertiary/aromatic N) is 5. The Balaban J connectivity index is 1.64. The van der Waals surface area contributed by atoms with Gasteiger partial charge in [-0.3, -0.25) is 19.5 Å². The third kappa shape index (κ3) is 3.22. The highest BCUT2D eigenvalue weighted by molar-refractivity contribution is 6.22. The molecule has 3 amide bonds. The summed E-state index contributed by atoms with van der Waals surface area (Å²) in [6.07, 6.45) is 9.22. The molecule has 1 aliphatic carbocycles. The zero-order valence-corrected chi connectivity index (χ0v) is 17.6. The fraction of sp³-hybridized carbons (Fsp3) is 0.810. The molecule has 0 aromatic carbocycles. The Morgan fingerprint density at radius 2 is 1.89 bits per heavy atom. The number of fused-ring (bicyclic) bond motifs is 2. The van der Waals surface area contributed by atoms with E-state index in [2.05, 4.69) is 23.3 Å². The Morgan fingerprint density at radius 1 is 1.14 bits per heavy atom. The van der Waals surface area contributed by atoms with Crippen molar-refractivity contribution in [3.05, 3.63) is 0 Å². The molecule has 0 bridgehead atoms. The van der Waals surface area contributed by atoms with Crippen molar-refractivity contribution in [1.82, 2.24) is 14.7 Å². The predicted octanol–water partition coefficient (Wildman–Crippen LogP) is 2.50. The molecule has 0 radical (unpaired) electrons. The molecule has 0 spiro atoms. The second-order valence-corrected chi connectivity index (χ2v) is 8.91. The van der Waals surface area contributed by atoms with Gasteiger partial charge in [-0.1, -0.05) is 50.9 Å². The minimum Gasteiger partial charge on any atom is -0.270 e. The summed E-state index contributed by atoms with van der Waals surface area (Å²) in [5.74, 6) is 1.93. The van der Waals surface area contributed by atoms with E-state index < -0.39 is 6.04 Å². The van der Waals surface area contributed by atoms with Gasteiger partial charge in [0.2, 0.25) is 11.9 Å². The smallest absolute Gasteiger partial charge is 0.270 e. The molecular weight excluding hydrogens is 354 g/mol. The lowest BCUT2D eigenvalue weighted by Gasteiger charge is -2.37. The molecule has 4 rings (SSSR count). The van der Waals surface area contributed by atoms with Crippen molar-refractivity contribution in [2.75, 3.05) is 26.7 Å². The number of hydrogen-bond acceptors (Lipinski definition) is 4. The van der Waals surface area contributed by atoms with Crippen LogP contribution in [0.5, 0.6) is 0 Å². The predicted molar refractivity (Wildman–Crippen MR) is 108 cm³/mol. The molecular formula is C21H34N5O2+. The van der Waals surface area contributed by atoms with Crippen LogP contribution in [-0.2, 0) is 4.79 Å². The summed E-state index contributed by atoms with van der Waals surface area (Å²) in [5.41, 5.74) is 0. The highest BCUT2D eigenvalue weighted by atomic mass is 16.2. The first-order valence-electron chi connectivity index (χ1n) is 11.1. The quantitative estimate of drug-likeness (QED) is 0.537. The van der Waals surface area contributed by atoms with E-state index in [1.54, 1.807) is 11.9 Å². The van der Waals surface area contributed by atoms with Gasteiger partial charge in [-0.05, 0) is 19.3 Å². The number of likely N-dealkylation sites (N-methyl/N-ethyl adjacent to an activating group) is 1. The molecule has 3 heterocycles. The fourth-order valence-electron chi connectivity index (χ4n) is 5.16. The van der Waals surface area contributed by atoms with E-state index in [9.17, 15) is 9.59 Å². The van der Waals surface area contributed by atoms with Gasteiger partial charge in [0.15, 0.2) is 0 Å². The first-order chi connectivity index (χ1) is 13.5. The van der Waals surface area contributed by atoms with E-state index in [1.807, 2.05) is 0 Å². The summed E-state index contributed by atoms with van der Waals surface area (Å²) >= 11 is 0. The lowest BCUT2D eigenvalue weighted by molar-refractivity contribution is -0.552. The van der Waals surface area contributed by atoms with Crippen molar-refractivity contribution in [3.63, 3.8) is 0 Å². The molecule has 4 aliphatic rings. The first kappa shape index (κ1) is 19.4. The van der Waals surface area contributed by atoms with Crippen molar-refractivity contribution < 1.29 is 14.2 Å². The summed E-state index contributed by atoms with van der Waals surface area (Å²) in [4.78, 5) is 36.5. The molecule has 1 saturated carbocycles. The third-order valence-corrected chi connectivity index (χ3v) is 6.66. The van der Waals surface area contributed by atoms with E-state index in [-0.39, 0.29) is 11.9 Å². The Labute approximate surface area is 168 Å². The van der Waals surface area contributed by atoms with Gasteiger partial charge in [0.05, 0.1) is 19.1 Å². The fourth-order valence-corrected chi connectivity index (χ4v) is 5.16. The van der Waals surface area contributed by atoms with Crippen molar-refractivity contribution in [2.24, 2.45) is 10.9 Å². The molecule has 0 aromatic heterocycles. The van der Waals surface area contributed by atoms with E-state index in [0.29, 0.717) is 24.3 Å². The number of rotatable bonds is 5. The molecule has 3 aliphatic heterocycles. The van der Waals surface area contributed by atoms with Crippen LogP contribution in [0, 0.1) is 5.92 Å². The first-order valence-corrected chi connectivity index (χ1v) is 11.1. The summed E-state index contributed by atoms with van der Waals surface area (Å²) in [7, 11) is 1.76. The van der Waals surface area contributed by atoms with Gasteiger partial charge < -0.3 is 0 Å². The van der Waals surface area contributed by atoms with Crippen LogP contribution in [0.25, 0.3) is 0 Å². The molecule has 28 heavy (non-hydrogen) atoms. The van der Waals surface area contributed by atoms with Crippen LogP contribution in [0.1, 0.15) is 65.2 Å². The van der Waals surface area contributed by atoms with Gasteiger partial charge in [-0.15, -0.1) is 0 Å². The van der Waals surface area contributed by atoms with E-state index in [4.69, 9.17) is 4.99 Å². The summed E-state index contributed by atoms with van der Waals surface area (Å²) in [5, 5.41) is 0. The topological polar surface area (TPSA) is 59.2 Å². The molecule has 0 N–H and O–H groups in total. The number of unbranched alkanes of at least 4 members (excludes halogenated alkanes) is 2. The van der Waals surface area contributed by atoms with Crippen LogP contribution in [0.2, 0.25) is 0 Å². The third-order valence-electron chi connectivity index (χ3n) is 6.66. The van der Waals surface area contributed by atoms with Gasteiger partial charge >= 0.3 is 12.0 Å². The zero-order chi connectivity index (χ0) is 19.8. The minimum absolute atomic E-state index is 0.0920. The van der Waals surface area contributed by atoms with Crippen LogP contribution >= 0.6 is 0 Å². The highest BCUT2D eigenvalue weighted by Crippen LogP contribution is 2.30. The summed E-state index contributed by atoms with van der Waals surface area (Å²) in [6, 6.07) is -0.155. The molecule has 154 valence electrons. The van der Waals surface area contributed by atoms with E-state index >= 15 is 0 Å². The highest BCUT2D eigenvalue weighted by Gasteiger charge is 2.55. The largest absolute Gasteiger partial charge is 0.392 e. The SMILES string of the molecule is CCCCCN1C(=O)C2C(=NC3=[N+]2CC(C)CN3C2CCCCC2)N(C)C1=O. The second kappa shape index (κ2) is 7.84. The van der Waals surface area contributed by atoms with Crippen LogP contribution < -0.4 is 0 Å². The number of carbonyl (C=O) groups is 2. The van der Waals surface area contributed by atoms with Crippen LogP contribution in [-0.4, -0.2) is 81.8 Å². The Morgan fingerprint density at radius 3 is 2.61 bits per heavy atom. The summed E-state index contributed by atoms with van der Waals surface area (Å²) in [6.45, 7) is 6.71. The van der Waals surface area contributed by atoms with Crippen LogP contribution in [0.4, 0.5) is 4.79 Å². The molecule has 2 fully saturated rings. The number of imide groups is 1. The maximum Gasteiger partial charge on any atom is 0.392 e. The minimum atomic E-state index is -0.437. The van der Waals surface area contributed by atoms with Crippen LogP contribution in [0.3, 0.4) is 0 Å². The number of aliphatic imine (C=N–C) groups is 1. The maximum absolute atomic E-state index is 13.3. The van der Waals surface area contributed by atoms with Crippen LogP contribution in [0.15, 0.2) is 4.99 Å². The lowest BCUT2D eigenvalue weighted by atomic mass is 9.93. The van der Waals surface area contributed by atoms with Gasteiger partial charge in [-0.25, -0.2) is 9.37 Å². The van der Waals surface area contributed by atoms with Gasteiger partial charge in [0.25, 0.3) is 5.91 Å². The Kier molecular flexibility index (Phi) is 5.43. The molecule has 7 heteroatoms. The average molecular weight is 389 g/mol. The van der Waals surface area contributed by atoms with Crippen molar-refractivity contribution >= 4 is 23.7 Å². The maximum atomic E-state index is 13.3. The monoisotopic (exact) mass is 388 g/mol. The Bertz CT molecular complexity index is 710. The number of hydrogen-bond donors (Lipinski definition) is 0. The zero-order valence-electron chi connectivity index (χ0n) is 17.6. The van der Waals surface area contributed by atoms with Gasteiger partial charge in [0.1, 0.15) is 0 Å². The second-order valence-electron chi connectivity index (χ2n) is 8.91. The molecule has 7 nitrogen and oxygen atoms in total. The van der Waals surface area contributed by atoms with E-state index in [1.165, 1.54) is 37.0 Å². The van der Waals surface area contributed by atoms with E-state index in [0.717, 1.165) is 38.3 Å². The van der Waals surface area contributed by atoms with Crippen molar-refractivity contribution in [2.45, 2.75) is 77.3 Å². The number of carbonyl (C=O) groups excluding carboxylic acids is 2. The van der Waals surface area contributed by atoms with Crippen molar-refractivity contribution in [3.8, 4) is 0 Å². The number of amides is 3. The Hall–Kier alpha value is -1.92. The number of amidine groups is 1. The average Bonchev–Trinajstić information content (AvgIpc) is 3.08. The lowest BCUT2D eigenvalue weighted by Crippen LogP contribution is -2.64.